The maximum absolute atomic E-state index is 12.5. The van der Waals surface area contributed by atoms with Crippen molar-refractivity contribution >= 4 is 6.08 Å². The van der Waals surface area contributed by atoms with E-state index in [1.807, 2.05) is 19.9 Å². The summed E-state index contributed by atoms with van der Waals surface area (Å²) >= 11 is 0. The van der Waals surface area contributed by atoms with E-state index in [0.29, 0.717) is 11.5 Å². The number of nitrogens with one attached hydrogen (secondary N) is 1. The predicted molar refractivity (Wildman–Crippen MR) is 77.4 cm³/mol. The first-order chi connectivity index (χ1) is 9.55. The molecule has 1 heterocycles. The van der Waals surface area contributed by atoms with Crippen LogP contribution in [0.5, 0.6) is 0 Å². The van der Waals surface area contributed by atoms with Gasteiger partial charge in [0.2, 0.25) is 0 Å². The zero-order chi connectivity index (χ0) is 15.0. The van der Waals surface area contributed by atoms with Gasteiger partial charge in [0.25, 0.3) is 0 Å². The summed E-state index contributed by atoms with van der Waals surface area (Å²) < 4.78 is 37.6. The molecule has 0 spiro atoms. The monoisotopic (exact) mass is 285 g/mol. The average Bonchev–Trinajstić information content (AvgIpc) is 2.48. The molecule has 0 atom stereocenters. The highest BCUT2D eigenvalue weighted by molar-refractivity contribution is 5.51. The van der Waals surface area contributed by atoms with Gasteiger partial charge in [-0.25, -0.2) is 0 Å². The lowest BCUT2D eigenvalue weighted by Gasteiger charge is -2.19. The van der Waals surface area contributed by atoms with Crippen LogP contribution in [0.1, 0.15) is 37.8 Å². The van der Waals surface area contributed by atoms with Crippen LogP contribution in [0.3, 0.4) is 0 Å². The molecule has 1 aromatic rings. The highest BCUT2D eigenvalue weighted by atomic mass is 19.4. The Morgan fingerprint density at radius 1 is 1.15 bits per heavy atom. The van der Waals surface area contributed by atoms with E-state index in [-0.39, 0.29) is 0 Å². The molecule has 2 rings (SSSR count). The second-order valence-corrected chi connectivity index (χ2v) is 4.57. The molecule has 0 aliphatic carbocycles. The van der Waals surface area contributed by atoms with E-state index in [4.69, 9.17) is 0 Å². The molecule has 1 aliphatic heterocycles. The van der Waals surface area contributed by atoms with Gasteiger partial charge in [-0.1, -0.05) is 38.1 Å². The third-order valence-electron chi connectivity index (χ3n) is 3.16. The van der Waals surface area contributed by atoms with Gasteiger partial charge in [-0.3, -0.25) is 0 Å². The smallest absolute Gasteiger partial charge is 0.317 e. The lowest BCUT2D eigenvalue weighted by molar-refractivity contribution is -0.137. The third-order valence-corrected chi connectivity index (χ3v) is 3.16. The van der Waals surface area contributed by atoms with Gasteiger partial charge in [0.1, 0.15) is 0 Å². The predicted octanol–water partition coefficient (Wildman–Crippen LogP) is 4.74. The summed E-state index contributed by atoms with van der Waals surface area (Å²) in [6.45, 7) is 5.97. The van der Waals surface area contributed by atoms with E-state index >= 15 is 0 Å². The van der Waals surface area contributed by atoms with Crippen molar-refractivity contribution in [1.29, 1.82) is 0 Å². The topological polar surface area (TPSA) is 12.0 Å². The van der Waals surface area contributed by atoms with E-state index in [1.54, 1.807) is 12.1 Å². The Hall–Kier alpha value is -1.29. The molecule has 1 fully saturated rings. The molecule has 1 N–H and O–H groups in total. The Balaban J connectivity index is 0.000000956. The van der Waals surface area contributed by atoms with E-state index in [0.717, 1.165) is 32.0 Å². The molecule has 4 heteroatoms. The molecule has 1 aliphatic rings. The summed E-state index contributed by atoms with van der Waals surface area (Å²) in [4.78, 5) is 0. The van der Waals surface area contributed by atoms with Gasteiger partial charge in [0.15, 0.2) is 0 Å². The van der Waals surface area contributed by atoms with E-state index in [2.05, 4.69) is 5.32 Å². The number of piperidine rings is 1. The Morgan fingerprint density at radius 2 is 1.80 bits per heavy atom. The molecular weight excluding hydrogens is 263 g/mol. The first-order valence-corrected chi connectivity index (χ1v) is 7.12. The van der Waals surface area contributed by atoms with Gasteiger partial charge in [-0.05, 0) is 49.5 Å². The van der Waals surface area contributed by atoms with Crippen LogP contribution < -0.4 is 5.32 Å². The quantitative estimate of drug-likeness (QED) is 0.827. The van der Waals surface area contributed by atoms with E-state index in [9.17, 15) is 13.2 Å². The molecule has 1 aromatic carbocycles. The molecule has 0 amide bonds. The lowest BCUT2D eigenvalue weighted by atomic mass is 9.96. The fourth-order valence-corrected chi connectivity index (χ4v) is 2.10. The number of allylic oxidation sites excluding steroid dienone is 1. The van der Waals surface area contributed by atoms with E-state index in [1.165, 1.54) is 12.1 Å². The minimum atomic E-state index is -4.27. The van der Waals surface area contributed by atoms with Crippen LogP contribution in [0.15, 0.2) is 30.3 Å². The Labute approximate surface area is 118 Å². The summed E-state index contributed by atoms with van der Waals surface area (Å²) in [6, 6.07) is 5.44. The van der Waals surface area contributed by atoms with Gasteiger partial charge < -0.3 is 5.32 Å². The van der Waals surface area contributed by atoms with Crippen LogP contribution >= 0.6 is 0 Å². The first kappa shape index (κ1) is 16.8. The lowest BCUT2D eigenvalue weighted by Crippen LogP contribution is -2.26. The largest absolute Gasteiger partial charge is 0.416 e. The third kappa shape index (κ3) is 5.37. The second-order valence-electron chi connectivity index (χ2n) is 4.57. The molecule has 0 saturated carbocycles. The van der Waals surface area contributed by atoms with Crippen LogP contribution in [-0.2, 0) is 6.18 Å². The highest BCUT2D eigenvalue weighted by Gasteiger charge is 2.30. The molecule has 20 heavy (non-hydrogen) atoms. The fraction of sp³-hybridized carbons (Fsp3) is 0.500. The summed E-state index contributed by atoms with van der Waals surface area (Å²) in [5.41, 5.74) is 0.0262. The Kier molecular flexibility index (Phi) is 6.79. The van der Waals surface area contributed by atoms with Crippen molar-refractivity contribution < 1.29 is 13.2 Å². The maximum Gasteiger partial charge on any atom is 0.416 e. The normalized spacial score (nSPS) is 16.9. The van der Waals surface area contributed by atoms with Crippen molar-refractivity contribution in [3.8, 4) is 0 Å². The maximum atomic E-state index is 12.5. The van der Waals surface area contributed by atoms with Crippen LogP contribution in [0.2, 0.25) is 0 Å². The van der Waals surface area contributed by atoms with Crippen molar-refractivity contribution in [3.63, 3.8) is 0 Å². The minimum Gasteiger partial charge on any atom is -0.317 e. The van der Waals surface area contributed by atoms with Crippen LogP contribution in [0.4, 0.5) is 13.2 Å². The molecule has 0 bridgehead atoms. The standard InChI is InChI=1S/C14H16F3N.C2H6/c15-14(16,17)13-3-1-2-12(10-13)5-4-11-6-8-18-9-7-11;1-2/h1-5,10-11,18H,6-9H2;1-2H3/b5-4+;. The number of benzene rings is 1. The van der Waals surface area contributed by atoms with Crippen LogP contribution in [0.25, 0.3) is 6.08 Å². The molecule has 1 nitrogen and oxygen atoms in total. The SMILES string of the molecule is CC.FC(F)(F)c1cccc(/C=C/C2CCNCC2)c1. The van der Waals surface area contributed by atoms with Crippen molar-refractivity contribution in [3.05, 3.63) is 41.5 Å². The number of hydrogen-bond acceptors (Lipinski definition) is 1. The van der Waals surface area contributed by atoms with Gasteiger partial charge in [0, 0.05) is 0 Å². The van der Waals surface area contributed by atoms with Crippen molar-refractivity contribution in [2.75, 3.05) is 13.1 Å². The molecule has 0 aromatic heterocycles. The molecule has 1 saturated heterocycles. The Bertz CT molecular complexity index is 418. The fourth-order valence-electron chi connectivity index (χ4n) is 2.10. The summed E-state index contributed by atoms with van der Waals surface area (Å²) in [5, 5.41) is 3.26. The molecule has 0 radical (unpaired) electrons. The van der Waals surface area contributed by atoms with Crippen LogP contribution in [-0.4, -0.2) is 13.1 Å². The molecular formula is C16H22F3N. The molecule has 112 valence electrons. The van der Waals surface area contributed by atoms with Gasteiger partial charge >= 0.3 is 6.18 Å². The van der Waals surface area contributed by atoms with Crippen molar-refractivity contribution in [1.82, 2.24) is 5.32 Å². The van der Waals surface area contributed by atoms with Crippen molar-refractivity contribution in [2.24, 2.45) is 5.92 Å². The molecule has 0 unspecified atom stereocenters. The number of hydrogen-bond donors (Lipinski definition) is 1. The summed E-state index contributed by atoms with van der Waals surface area (Å²) in [7, 11) is 0. The Morgan fingerprint density at radius 3 is 2.40 bits per heavy atom. The number of halogens is 3. The van der Waals surface area contributed by atoms with Crippen LogP contribution in [0, 0.1) is 5.92 Å². The van der Waals surface area contributed by atoms with E-state index < -0.39 is 11.7 Å². The van der Waals surface area contributed by atoms with Gasteiger partial charge in [0.05, 0.1) is 5.56 Å². The van der Waals surface area contributed by atoms with Crippen molar-refractivity contribution in [2.45, 2.75) is 32.9 Å². The first-order valence-electron chi connectivity index (χ1n) is 7.12. The minimum absolute atomic E-state index is 0.473. The highest BCUT2D eigenvalue weighted by Crippen LogP contribution is 2.29. The zero-order valence-electron chi connectivity index (χ0n) is 12.0. The zero-order valence-corrected chi connectivity index (χ0v) is 12.0. The van der Waals surface area contributed by atoms with Gasteiger partial charge in [-0.2, -0.15) is 13.2 Å². The second kappa shape index (κ2) is 8.10. The average molecular weight is 285 g/mol. The summed E-state index contributed by atoms with van der Waals surface area (Å²) in [5.74, 6) is 0.473. The number of rotatable bonds is 2. The van der Waals surface area contributed by atoms with Gasteiger partial charge in [-0.15, -0.1) is 0 Å². The number of alkyl halides is 3. The summed E-state index contributed by atoms with van der Waals surface area (Å²) in [6.07, 6.45) is 1.66.